The first kappa shape index (κ1) is 17.9. The Hall–Kier alpha value is -2.41. The van der Waals surface area contributed by atoms with Gasteiger partial charge < -0.3 is 5.32 Å². The highest BCUT2D eigenvalue weighted by molar-refractivity contribution is 7.92. The number of aryl methyl sites for hydroxylation is 2. The van der Waals surface area contributed by atoms with Crippen molar-refractivity contribution in [3.63, 3.8) is 0 Å². The molecule has 2 N–H and O–H groups in total. The number of anilines is 2. The van der Waals surface area contributed by atoms with Crippen molar-refractivity contribution in [2.45, 2.75) is 19.8 Å². The molecule has 1 amide bonds. The molecule has 7 heteroatoms. The number of carbonyl (C=O) groups excluding carboxylic acids is 1. The summed E-state index contributed by atoms with van der Waals surface area (Å²) in [4.78, 5) is 12.0. The third-order valence-electron chi connectivity index (χ3n) is 3.34. The fourth-order valence-electron chi connectivity index (χ4n) is 2.23. The SMILES string of the molecule is Cc1cc(NC(=O)CCc2cccc(F)c2)ccc1NS(C)(=O)=O. The van der Waals surface area contributed by atoms with Crippen molar-refractivity contribution < 1.29 is 17.6 Å². The monoisotopic (exact) mass is 350 g/mol. The van der Waals surface area contributed by atoms with Gasteiger partial charge in [0.25, 0.3) is 0 Å². The molecule has 128 valence electrons. The molecular formula is C17H19FN2O3S. The van der Waals surface area contributed by atoms with Gasteiger partial charge in [-0.2, -0.15) is 0 Å². The fraction of sp³-hybridized carbons (Fsp3) is 0.235. The van der Waals surface area contributed by atoms with E-state index in [2.05, 4.69) is 10.0 Å². The Bertz CT molecular complexity index is 851. The fourth-order valence-corrected chi connectivity index (χ4v) is 2.86. The molecule has 5 nitrogen and oxygen atoms in total. The molecule has 0 radical (unpaired) electrons. The van der Waals surface area contributed by atoms with Crippen molar-refractivity contribution in [1.29, 1.82) is 0 Å². The number of rotatable bonds is 6. The van der Waals surface area contributed by atoms with Gasteiger partial charge in [0.1, 0.15) is 5.82 Å². The lowest BCUT2D eigenvalue weighted by atomic mass is 10.1. The highest BCUT2D eigenvalue weighted by atomic mass is 32.2. The van der Waals surface area contributed by atoms with E-state index in [1.165, 1.54) is 12.1 Å². The molecule has 0 spiro atoms. The number of amides is 1. The third kappa shape index (κ3) is 5.66. The summed E-state index contributed by atoms with van der Waals surface area (Å²) in [5.41, 5.74) is 2.50. The average Bonchev–Trinajstić information content (AvgIpc) is 2.47. The van der Waals surface area contributed by atoms with E-state index in [4.69, 9.17) is 0 Å². The van der Waals surface area contributed by atoms with E-state index in [-0.39, 0.29) is 18.1 Å². The first-order valence-electron chi connectivity index (χ1n) is 7.36. The van der Waals surface area contributed by atoms with Crippen LogP contribution in [0, 0.1) is 12.7 Å². The van der Waals surface area contributed by atoms with Crippen LogP contribution in [-0.2, 0) is 21.2 Å². The molecule has 24 heavy (non-hydrogen) atoms. The zero-order valence-corrected chi connectivity index (χ0v) is 14.3. The molecule has 0 unspecified atom stereocenters. The Kier molecular flexibility index (Phi) is 5.56. The Morgan fingerprint density at radius 1 is 1.17 bits per heavy atom. The number of benzene rings is 2. The summed E-state index contributed by atoms with van der Waals surface area (Å²) in [6.45, 7) is 1.75. The molecule has 0 heterocycles. The molecule has 0 saturated heterocycles. The quantitative estimate of drug-likeness (QED) is 0.841. The zero-order valence-electron chi connectivity index (χ0n) is 13.5. The normalized spacial score (nSPS) is 11.1. The van der Waals surface area contributed by atoms with Crippen LogP contribution in [0.25, 0.3) is 0 Å². The molecule has 2 aromatic rings. The first-order chi connectivity index (χ1) is 11.2. The summed E-state index contributed by atoms with van der Waals surface area (Å²) in [5.74, 6) is -0.514. The maximum Gasteiger partial charge on any atom is 0.229 e. The van der Waals surface area contributed by atoms with Crippen molar-refractivity contribution in [3.8, 4) is 0 Å². The topological polar surface area (TPSA) is 75.3 Å². The number of carbonyl (C=O) groups is 1. The van der Waals surface area contributed by atoms with Crippen LogP contribution in [0.15, 0.2) is 42.5 Å². The predicted molar refractivity (Wildman–Crippen MR) is 93.0 cm³/mol. The average molecular weight is 350 g/mol. The lowest BCUT2D eigenvalue weighted by Crippen LogP contribution is -2.13. The van der Waals surface area contributed by atoms with Gasteiger partial charge in [0, 0.05) is 12.1 Å². The van der Waals surface area contributed by atoms with E-state index in [0.29, 0.717) is 23.4 Å². The minimum absolute atomic E-state index is 0.192. The van der Waals surface area contributed by atoms with Gasteiger partial charge in [0.2, 0.25) is 15.9 Å². The van der Waals surface area contributed by atoms with Crippen LogP contribution in [0.3, 0.4) is 0 Å². The smallest absolute Gasteiger partial charge is 0.229 e. The molecule has 2 aromatic carbocycles. The van der Waals surface area contributed by atoms with E-state index in [1.807, 2.05) is 0 Å². The zero-order chi connectivity index (χ0) is 17.7. The second-order valence-electron chi connectivity index (χ2n) is 5.58. The van der Waals surface area contributed by atoms with Crippen LogP contribution in [0.1, 0.15) is 17.5 Å². The molecule has 0 saturated carbocycles. The summed E-state index contributed by atoms with van der Waals surface area (Å²) in [5, 5.41) is 2.75. The van der Waals surface area contributed by atoms with Gasteiger partial charge in [0.05, 0.1) is 11.9 Å². The molecule has 0 fully saturated rings. The van der Waals surface area contributed by atoms with Gasteiger partial charge in [-0.25, -0.2) is 12.8 Å². The van der Waals surface area contributed by atoms with E-state index in [9.17, 15) is 17.6 Å². The van der Waals surface area contributed by atoms with Gasteiger partial charge in [-0.15, -0.1) is 0 Å². The van der Waals surface area contributed by atoms with Crippen molar-refractivity contribution in [1.82, 2.24) is 0 Å². The Morgan fingerprint density at radius 3 is 2.54 bits per heavy atom. The number of halogens is 1. The standard InChI is InChI=1S/C17H19FN2O3S/c1-12-10-15(7-8-16(12)20-24(2,22)23)19-17(21)9-6-13-4-3-5-14(18)11-13/h3-5,7-8,10-11,20H,6,9H2,1-2H3,(H,19,21). The predicted octanol–water partition coefficient (Wildman–Crippen LogP) is 3.08. The van der Waals surface area contributed by atoms with Crippen LogP contribution in [-0.4, -0.2) is 20.6 Å². The Morgan fingerprint density at radius 2 is 1.92 bits per heavy atom. The first-order valence-corrected chi connectivity index (χ1v) is 9.25. The van der Waals surface area contributed by atoms with Gasteiger partial charge in [-0.3, -0.25) is 9.52 Å². The van der Waals surface area contributed by atoms with Crippen LogP contribution < -0.4 is 10.0 Å². The van der Waals surface area contributed by atoms with Crippen molar-refractivity contribution in [3.05, 3.63) is 59.4 Å². The summed E-state index contributed by atoms with van der Waals surface area (Å²) in [6.07, 6.45) is 1.75. The van der Waals surface area contributed by atoms with Gasteiger partial charge in [0.15, 0.2) is 0 Å². The van der Waals surface area contributed by atoms with Crippen LogP contribution in [0.5, 0.6) is 0 Å². The maximum atomic E-state index is 13.1. The molecule has 0 aliphatic heterocycles. The van der Waals surface area contributed by atoms with Crippen molar-refractivity contribution >= 4 is 27.3 Å². The Labute approximate surface area is 141 Å². The third-order valence-corrected chi connectivity index (χ3v) is 3.93. The molecular weight excluding hydrogens is 331 g/mol. The molecule has 0 aliphatic rings. The van der Waals surface area contributed by atoms with E-state index in [1.54, 1.807) is 37.3 Å². The lowest BCUT2D eigenvalue weighted by Gasteiger charge is -2.11. The largest absolute Gasteiger partial charge is 0.326 e. The molecule has 0 atom stereocenters. The minimum atomic E-state index is -3.35. The second-order valence-corrected chi connectivity index (χ2v) is 7.33. The van der Waals surface area contributed by atoms with E-state index in [0.717, 1.165) is 11.8 Å². The van der Waals surface area contributed by atoms with Gasteiger partial charge in [-0.1, -0.05) is 12.1 Å². The highest BCUT2D eigenvalue weighted by Crippen LogP contribution is 2.20. The van der Waals surface area contributed by atoms with Crippen LogP contribution in [0.4, 0.5) is 15.8 Å². The number of nitrogens with one attached hydrogen (secondary N) is 2. The van der Waals surface area contributed by atoms with Crippen molar-refractivity contribution in [2.75, 3.05) is 16.3 Å². The molecule has 0 bridgehead atoms. The van der Waals surface area contributed by atoms with E-state index >= 15 is 0 Å². The number of sulfonamides is 1. The van der Waals surface area contributed by atoms with Crippen LogP contribution in [0.2, 0.25) is 0 Å². The number of hydrogen-bond acceptors (Lipinski definition) is 3. The van der Waals surface area contributed by atoms with E-state index < -0.39 is 10.0 Å². The lowest BCUT2D eigenvalue weighted by molar-refractivity contribution is -0.116. The summed E-state index contributed by atoms with van der Waals surface area (Å²) >= 11 is 0. The van der Waals surface area contributed by atoms with Crippen LogP contribution >= 0.6 is 0 Å². The molecule has 0 aromatic heterocycles. The molecule has 2 rings (SSSR count). The maximum absolute atomic E-state index is 13.1. The molecule has 0 aliphatic carbocycles. The highest BCUT2D eigenvalue weighted by Gasteiger charge is 2.08. The summed E-state index contributed by atoms with van der Waals surface area (Å²) in [6, 6.07) is 11.1. The minimum Gasteiger partial charge on any atom is -0.326 e. The van der Waals surface area contributed by atoms with Gasteiger partial charge >= 0.3 is 0 Å². The second kappa shape index (κ2) is 7.44. The summed E-state index contributed by atoms with van der Waals surface area (Å²) in [7, 11) is -3.35. The summed E-state index contributed by atoms with van der Waals surface area (Å²) < 4.78 is 38.0. The van der Waals surface area contributed by atoms with Gasteiger partial charge in [-0.05, 0) is 54.8 Å². The van der Waals surface area contributed by atoms with Crippen molar-refractivity contribution in [2.24, 2.45) is 0 Å². The number of hydrogen-bond donors (Lipinski definition) is 2. The Balaban J connectivity index is 1.95.